The van der Waals surface area contributed by atoms with Gasteiger partial charge in [-0.3, -0.25) is 0 Å². The second kappa shape index (κ2) is 12.9. The third-order valence-corrected chi connectivity index (χ3v) is 10.8. The van der Waals surface area contributed by atoms with Crippen molar-refractivity contribution in [3.63, 3.8) is 0 Å². The first-order valence-corrected chi connectivity index (χ1v) is 18.3. The number of halogens is 3. The van der Waals surface area contributed by atoms with Crippen molar-refractivity contribution in [3.8, 4) is 50.8 Å². The molecule has 0 saturated heterocycles. The fraction of sp³-hybridized carbons (Fsp3) is 0.0200. The van der Waals surface area contributed by atoms with Crippen LogP contribution in [0.15, 0.2) is 182 Å². The van der Waals surface area contributed by atoms with Crippen LogP contribution in [0.4, 0.5) is 13.2 Å². The molecule has 3 nitrogen and oxygen atoms in total. The van der Waals surface area contributed by atoms with Gasteiger partial charge in [0.05, 0.1) is 50.6 Å². The summed E-state index contributed by atoms with van der Waals surface area (Å²) in [6.45, 7) is 0. The first-order valence-electron chi connectivity index (χ1n) is 18.3. The SMILES string of the molecule is N#Cc1ccc(-c2cc(C(F)(F)F)ccc2-n2c3ccccc3c3cc(-c4ccccc4)ccc32)c(-n2c3ccccc3c3cc(-c4ccccc4)ccc32)c1. The van der Waals surface area contributed by atoms with Crippen molar-refractivity contribution in [2.45, 2.75) is 6.18 Å². The second-order valence-corrected chi connectivity index (χ2v) is 14.0. The number of nitrogens with zero attached hydrogens (tertiary/aromatic N) is 3. The largest absolute Gasteiger partial charge is 0.416 e. The van der Waals surface area contributed by atoms with Gasteiger partial charge in [0, 0.05) is 32.7 Å². The molecule has 0 bridgehead atoms. The Morgan fingerprint density at radius 1 is 0.393 bits per heavy atom. The molecular weight excluding hydrogens is 700 g/mol. The van der Waals surface area contributed by atoms with E-state index in [4.69, 9.17) is 0 Å². The number of aromatic nitrogens is 2. The molecular formula is C50H30F3N3. The van der Waals surface area contributed by atoms with Gasteiger partial charge in [-0.05, 0) is 89.0 Å². The summed E-state index contributed by atoms with van der Waals surface area (Å²) in [6.07, 6.45) is -4.59. The van der Waals surface area contributed by atoms with Gasteiger partial charge in [0.1, 0.15) is 0 Å². The summed E-state index contributed by atoms with van der Waals surface area (Å²) in [5, 5.41) is 14.2. The van der Waals surface area contributed by atoms with Gasteiger partial charge in [-0.15, -0.1) is 0 Å². The maximum absolute atomic E-state index is 14.7. The van der Waals surface area contributed by atoms with Gasteiger partial charge in [0.15, 0.2) is 0 Å². The summed E-state index contributed by atoms with van der Waals surface area (Å²) in [5.74, 6) is 0. The smallest absolute Gasteiger partial charge is 0.309 e. The standard InChI is InChI=1S/C50H30F3N3/c51-50(52,53)37-22-26-48(55-44-17-9-7-15-38(44)41-28-35(20-24-46(41)55)33-11-3-1-4-12-33)43(30-37)40-23-19-32(31-54)27-49(40)56-45-18-10-8-16-39(45)42-29-36(21-25-47(42)56)34-13-5-2-6-14-34/h1-30H. The molecule has 10 aromatic rings. The molecule has 0 aliphatic rings. The fourth-order valence-corrected chi connectivity index (χ4v) is 8.22. The minimum atomic E-state index is -4.59. The summed E-state index contributed by atoms with van der Waals surface area (Å²) in [6, 6.07) is 60.4. The summed E-state index contributed by atoms with van der Waals surface area (Å²) >= 11 is 0. The number of nitriles is 1. The lowest BCUT2D eigenvalue weighted by molar-refractivity contribution is -0.137. The van der Waals surface area contributed by atoms with E-state index in [9.17, 15) is 18.4 Å². The molecule has 0 saturated carbocycles. The molecule has 0 unspecified atom stereocenters. The predicted octanol–water partition coefficient (Wildman–Crippen LogP) is 13.8. The number of hydrogen-bond acceptors (Lipinski definition) is 1. The number of benzene rings is 8. The van der Waals surface area contributed by atoms with Gasteiger partial charge in [-0.2, -0.15) is 18.4 Å². The quantitative estimate of drug-likeness (QED) is 0.174. The molecule has 0 spiro atoms. The van der Waals surface area contributed by atoms with E-state index in [1.165, 1.54) is 6.07 Å². The van der Waals surface area contributed by atoms with Crippen LogP contribution in [0.2, 0.25) is 0 Å². The summed E-state index contributed by atoms with van der Waals surface area (Å²) in [7, 11) is 0. The van der Waals surface area contributed by atoms with Crippen molar-refractivity contribution in [2.24, 2.45) is 0 Å². The third kappa shape index (κ3) is 5.36. The number of fused-ring (bicyclic) bond motifs is 6. The molecule has 0 aliphatic heterocycles. The molecule has 266 valence electrons. The lowest BCUT2D eigenvalue weighted by atomic mass is 9.96. The monoisotopic (exact) mass is 729 g/mol. The summed E-state index contributed by atoms with van der Waals surface area (Å²) in [5.41, 5.74) is 9.53. The fourth-order valence-electron chi connectivity index (χ4n) is 8.22. The third-order valence-electron chi connectivity index (χ3n) is 10.8. The van der Waals surface area contributed by atoms with Crippen molar-refractivity contribution >= 4 is 43.6 Å². The van der Waals surface area contributed by atoms with Gasteiger partial charge in [-0.1, -0.05) is 115 Å². The Bertz CT molecular complexity index is 3180. The van der Waals surface area contributed by atoms with E-state index in [1.54, 1.807) is 24.3 Å². The van der Waals surface area contributed by atoms with Crippen molar-refractivity contribution in [1.82, 2.24) is 9.13 Å². The van der Waals surface area contributed by atoms with E-state index < -0.39 is 11.7 Å². The second-order valence-electron chi connectivity index (χ2n) is 14.0. The van der Waals surface area contributed by atoms with E-state index in [0.717, 1.165) is 71.9 Å². The zero-order valence-electron chi connectivity index (χ0n) is 29.8. The van der Waals surface area contributed by atoms with Crippen LogP contribution in [0.3, 0.4) is 0 Å². The molecule has 0 amide bonds. The van der Waals surface area contributed by atoms with E-state index >= 15 is 0 Å². The Hall–Kier alpha value is -7.36. The van der Waals surface area contributed by atoms with E-state index in [1.807, 2.05) is 72.8 Å². The molecule has 2 heterocycles. The van der Waals surface area contributed by atoms with Crippen LogP contribution < -0.4 is 0 Å². The lowest BCUT2D eigenvalue weighted by Gasteiger charge is -2.20. The van der Waals surface area contributed by atoms with Crippen molar-refractivity contribution in [1.29, 1.82) is 5.26 Å². The van der Waals surface area contributed by atoms with Gasteiger partial charge in [0.2, 0.25) is 0 Å². The maximum Gasteiger partial charge on any atom is 0.416 e. The van der Waals surface area contributed by atoms with Gasteiger partial charge in [-0.25, -0.2) is 0 Å². The zero-order chi connectivity index (χ0) is 38.0. The Morgan fingerprint density at radius 3 is 1.43 bits per heavy atom. The van der Waals surface area contributed by atoms with Crippen LogP contribution in [0, 0.1) is 11.3 Å². The molecule has 0 aliphatic carbocycles. The van der Waals surface area contributed by atoms with E-state index in [0.29, 0.717) is 28.1 Å². The minimum absolute atomic E-state index is 0.390. The number of para-hydroxylation sites is 2. The predicted molar refractivity (Wildman–Crippen MR) is 221 cm³/mol. The molecule has 6 heteroatoms. The average molecular weight is 730 g/mol. The number of alkyl halides is 3. The highest BCUT2D eigenvalue weighted by atomic mass is 19.4. The highest BCUT2D eigenvalue weighted by molar-refractivity contribution is 6.12. The Labute approximate surface area is 320 Å². The zero-order valence-corrected chi connectivity index (χ0v) is 29.8. The van der Waals surface area contributed by atoms with Crippen LogP contribution >= 0.6 is 0 Å². The van der Waals surface area contributed by atoms with Crippen LogP contribution in [-0.2, 0) is 6.18 Å². The molecule has 0 radical (unpaired) electrons. The Kier molecular flexibility index (Phi) is 7.65. The maximum atomic E-state index is 14.7. The number of rotatable bonds is 5. The van der Waals surface area contributed by atoms with Gasteiger partial charge in [0.25, 0.3) is 0 Å². The first-order chi connectivity index (χ1) is 27.4. The highest BCUT2D eigenvalue weighted by Crippen LogP contribution is 2.44. The minimum Gasteiger partial charge on any atom is -0.309 e. The van der Waals surface area contributed by atoms with Gasteiger partial charge >= 0.3 is 6.18 Å². The molecule has 56 heavy (non-hydrogen) atoms. The van der Waals surface area contributed by atoms with E-state index in [-0.39, 0.29) is 0 Å². The van der Waals surface area contributed by atoms with Crippen LogP contribution in [0.5, 0.6) is 0 Å². The normalized spacial score (nSPS) is 11.8. The molecule has 10 rings (SSSR count). The van der Waals surface area contributed by atoms with Crippen LogP contribution in [0.1, 0.15) is 11.1 Å². The highest BCUT2D eigenvalue weighted by Gasteiger charge is 2.32. The first kappa shape index (κ1) is 33.2. The van der Waals surface area contributed by atoms with E-state index in [2.05, 4.69) is 88.0 Å². The lowest BCUT2D eigenvalue weighted by Crippen LogP contribution is -2.08. The molecule has 0 N–H and O–H groups in total. The summed E-state index contributed by atoms with van der Waals surface area (Å²) < 4.78 is 48.2. The Balaban J connectivity index is 1.28. The molecule has 2 aromatic heterocycles. The summed E-state index contributed by atoms with van der Waals surface area (Å²) in [4.78, 5) is 0. The van der Waals surface area contributed by atoms with Crippen molar-refractivity contribution < 1.29 is 13.2 Å². The molecule has 0 atom stereocenters. The average Bonchev–Trinajstić information content (AvgIpc) is 3.75. The van der Waals surface area contributed by atoms with Crippen LogP contribution in [-0.4, -0.2) is 9.13 Å². The van der Waals surface area contributed by atoms with Crippen LogP contribution in [0.25, 0.3) is 88.4 Å². The van der Waals surface area contributed by atoms with Crippen molar-refractivity contribution in [3.05, 3.63) is 193 Å². The Morgan fingerprint density at radius 2 is 0.893 bits per heavy atom. The van der Waals surface area contributed by atoms with Crippen molar-refractivity contribution in [2.75, 3.05) is 0 Å². The van der Waals surface area contributed by atoms with Gasteiger partial charge < -0.3 is 9.13 Å². The molecule has 8 aromatic carbocycles. The molecule has 0 fully saturated rings. The number of hydrogen-bond donors (Lipinski definition) is 0. The topological polar surface area (TPSA) is 33.6 Å².